The van der Waals surface area contributed by atoms with E-state index in [9.17, 15) is 64.0 Å². The van der Waals surface area contributed by atoms with Crippen molar-refractivity contribution in [2.45, 2.75) is 166 Å². The molecule has 4 aliphatic carbocycles. The Kier molecular flexibility index (Phi) is 30.3. The molecule has 4 amide bonds. The normalized spacial score (nSPS) is 17.9. The Bertz CT molecular complexity index is 7100. The molecule has 4 aliphatic rings. The molecule has 16 heterocycles. The molecule has 4 fully saturated rings. The van der Waals surface area contributed by atoms with Gasteiger partial charge in [-0.2, -0.15) is 54.0 Å². The number of nitrogens with one attached hydrogen (secondary N) is 7. The zero-order valence-electron chi connectivity index (χ0n) is 75.2. The molecule has 0 unspecified atom stereocenters. The van der Waals surface area contributed by atoms with Crippen LogP contribution in [0.4, 0.5) is 57.9 Å². The lowest BCUT2D eigenvalue weighted by atomic mass is 9.89. The highest BCUT2D eigenvalue weighted by molar-refractivity contribution is 7.46. The average molecular weight is 1990 g/mol. The summed E-state index contributed by atoms with van der Waals surface area (Å²) in [6.07, 6.45) is 34.4. The number of oxazole rings is 4. The van der Waals surface area contributed by atoms with Crippen molar-refractivity contribution in [1.82, 2.24) is 119 Å². The number of hydrogen-bond acceptors (Lipinski definition) is 30. The first kappa shape index (κ1) is 98.0. The summed E-state index contributed by atoms with van der Waals surface area (Å²) in [4.78, 5) is 101. The van der Waals surface area contributed by atoms with E-state index in [0.29, 0.717) is 67.8 Å². The van der Waals surface area contributed by atoms with Crippen LogP contribution in [0.25, 0.3) is 91.4 Å². The van der Waals surface area contributed by atoms with Crippen LogP contribution in [0.3, 0.4) is 0 Å². The number of aromatic nitrogens is 24. The SMILES string of the molecule is CCOC1CC(n2cc(NC(=O)c3coc(-c4cn[nH]c4)n3)c(-c3nc(F)ccc3F)n2)C1.CCOC1CCC(n2cc(NC(=O)c3coc(-c4cn[nH]c4)n3)c(-c3ncc(F)cc3F)n2)CC1.CCOC1CCC(n2cc(NC(=O)c3coc(-c4cnn(COP(=O)(O)O)c4)n3)c(-c3nc(F)ccc3F)n2)CC1.O=C(Nc1cn(C2CCC(O)CC2)nc1-c1nc(F)ccc1F)c1coc(-c2cn[nH]c2)n1. The summed E-state index contributed by atoms with van der Waals surface area (Å²) in [5, 5.41) is 61.6. The van der Waals surface area contributed by atoms with Crippen molar-refractivity contribution in [1.29, 1.82) is 0 Å². The number of amides is 4. The Morgan fingerprint density at radius 2 is 0.746 bits per heavy atom. The molecule has 20 rings (SSSR count). The van der Waals surface area contributed by atoms with Crippen molar-refractivity contribution in [3.8, 4) is 91.4 Å². The van der Waals surface area contributed by atoms with E-state index in [2.05, 4.69) is 122 Å². The number of rotatable bonds is 29. The maximum Gasteiger partial charge on any atom is 0.471 e. The summed E-state index contributed by atoms with van der Waals surface area (Å²) in [7, 11) is -4.70. The molecule has 740 valence electrons. The highest BCUT2D eigenvalue weighted by Crippen LogP contribution is 2.43. The number of pyridine rings is 4. The quantitative estimate of drug-likeness (QED) is 0.0118. The number of ether oxygens (including phenoxy) is 3. The van der Waals surface area contributed by atoms with Gasteiger partial charge < -0.3 is 68.0 Å². The minimum Gasteiger partial charge on any atom is -0.444 e. The monoisotopic (exact) mass is 1990 g/mol. The molecule has 0 spiro atoms. The van der Waals surface area contributed by atoms with Gasteiger partial charge in [0.15, 0.2) is 52.8 Å². The van der Waals surface area contributed by atoms with Crippen LogP contribution in [0.1, 0.15) is 177 Å². The van der Waals surface area contributed by atoms with Crippen molar-refractivity contribution >= 4 is 54.2 Å². The van der Waals surface area contributed by atoms with Gasteiger partial charge in [0.2, 0.25) is 41.4 Å². The number of halogens is 8. The van der Waals surface area contributed by atoms with Gasteiger partial charge in [-0.15, -0.1) is 0 Å². The number of aliphatic hydroxyl groups excluding tert-OH is 1. The maximum absolute atomic E-state index is 14.7. The van der Waals surface area contributed by atoms with Crippen LogP contribution in [0.2, 0.25) is 0 Å². The molecular weight excluding hydrogens is 1900 g/mol. The second-order valence-electron chi connectivity index (χ2n) is 32.7. The van der Waals surface area contributed by atoms with Gasteiger partial charge in [0.1, 0.15) is 76.4 Å². The summed E-state index contributed by atoms with van der Waals surface area (Å²) >= 11 is 0. The number of H-pyrrole nitrogens is 3. The zero-order valence-corrected chi connectivity index (χ0v) is 76.1. The molecule has 53 heteroatoms. The van der Waals surface area contributed by atoms with E-state index in [1.807, 2.05) is 20.8 Å². The fourth-order valence-corrected chi connectivity index (χ4v) is 16.4. The van der Waals surface area contributed by atoms with Crippen LogP contribution in [0.15, 0.2) is 166 Å². The topological polar surface area (TPSA) is 562 Å². The molecule has 0 atom stereocenters. The van der Waals surface area contributed by atoms with E-state index in [-0.39, 0.29) is 163 Å². The Labute approximate surface area is 796 Å². The van der Waals surface area contributed by atoms with Crippen molar-refractivity contribution < 1.29 is 110 Å². The standard InChI is InChI=1S/C24H26F2N7O7P.C23H23F2N7O3.2C21H19F2N7O3/c1-2-38-16-5-3-15(4-6-16)33-11-18(22(31-33)21-17(25)7-8-20(26)30-21)28-23(34)19-12-39-24(29-19)14-9-27-32(10-14)13-40-41(35,36)37;1-2-34-16-5-3-15(4-6-16)32-11-18(21(31-32)20-17(25)7-14(24)10-26-20)29-22(33)19-12-35-23(30-19)13-8-27-28-9-13;22-14-5-6-17(23)28-18(14)19-15(9-30(29-19)12-1-3-13(31)4-2-12)26-20(32)16-10-33-21(27-16)11-7-24-25-8-11;1-2-32-13-5-12(6-13)30-9-15(19(29-30)18-14(22)3-4-17(23)28-18)26-20(31)16-10-33-21(27-16)11-7-24-25-8-11/h7-12,15-16H,2-6,13H2,1H3,(H,28,34)(H2,35,36,37);7-12,15-16H,2-6H2,1H3,(H,27,28)(H,29,33);5-10,12-13,31H,1-4H2,(H,24,25)(H,26,32);3-4,7-10,12-13H,2,5-6H2,1H3,(H,24,25)(H,26,31). The molecule has 4 saturated carbocycles. The number of nitrogens with zero attached hydrogens (tertiary/aromatic N) is 21. The van der Waals surface area contributed by atoms with Crippen LogP contribution in [-0.4, -0.2) is 202 Å². The van der Waals surface area contributed by atoms with E-state index in [0.717, 1.165) is 124 Å². The number of phosphoric acid groups is 1. The van der Waals surface area contributed by atoms with E-state index >= 15 is 0 Å². The number of phosphoric ester groups is 1. The summed E-state index contributed by atoms with van der Waals surface area (Å²) < 4.78 is 175. The minimum absolute atomic E-state index is 0.00214. The number of aromatic amines is 3. The first-order chi connectivity index (χ1) is 68.6. The minimum atomic E-state index is -4.70. The van der Waals surface area contributed by atoms with E-state index in [1.54, 1.807) is 62.1 Å². The third-order valence-corrected chi connectivity index (χ3v) is 23.7. The van der Waals surface area contributed by atoms with Gasteiger partial charge in [0, 0.05) is 75.5 Å². The molecule has 0 aromatic carbocycles. The molecule has 44 nitrogen and oxygen atoms in total. The number of anilines is 4. The predicted octanol–water partition coefficient (Wildman–Crippen LogP) is 15.2. The van der Waals surface area contributed by atoms with E-state index < -0.39 is 85.1 Å². The molecule has 10 N–H and O–H groups in total. The fraction of sp³-hybridized carbons (Fsp3) is 0.326. The Morgan fingerprint density at radius 1 is 0.408 bits per heavy atom. The molecule has 0 bridgehead atoms. The van der Waals surface area contributed by atoms with Crippen molar-refractivity contribution in [2.24, 2.45) is 0 Å². The molecule has 0 aliphatic heterocycles. The highest BCUT2D eigenvalue weighted by atomic mass is 31.2. The number of aliphatic hydroxyl groups is 1. The highest BCUT2D eigenvalue weighted by Gasteiger charge is 2.36. The zero-order chi connectivity index (χ0) is 99.4. The van der Waals surface area contributed by atoms with Gasteiger partial charge in [-0.3, -0.25) is 57.7 Å². The number of carbonyl (C=O) groups is 4. The Hall–Kier alpha value is -15.6. The lowest BCUT2D eigenvalue weighted by Gasteiger charge is -2.34. The first-order valence-corrected chi connectivity index (χ1v) is 46.1. The smallest absolute Gasteiger partial charge is 0.444 e. The fourth-order valence-electron chi connectivity index (χ4n) is 16.2. The molecular formula is C89H87F8N28O16P. The van der Waals surface area contributed by atoms with Gasteiger partial charge in [0.05, 0.1) is 125 Å². The van der Waals surface area contributed by atoms with Gasteiger partial charge >= 0.3 is 7.82 Å². The van der Waals surface area contributed by atoms with E-state index in [1.165, 1.54) is 49.8 Å². The Morgan fingerprint density at radius 3 is 1.08 bits per heavy atom. The maximum atomic E-state index is 14.7. The van der Waals surface area contributed by atoms with Crippen LogP contribution in [0, 0.1) is 46.9 Å². The van der Waals surface area contributed by atoms with E-state index in [4.69, 9.17) is 41.7 Å². The first-order valence-electron chi connectivity index (χ1n) is 44.6. The van der Waals surface area contributed by atoms with Crippen LogP contribution in [0.5, 0.6) is 0 Å². The summed E-state index contributed by atoms with van der Waals surface area (Å²) in [6.45, 7) is 7.21. The third kappa shape index (κ3) is 23.6. The molecule has 0 saturated heterocycles. The second kappa shape index (κ2) is 43.8. The lowest BCUT2D eigenvalue weighted by Crippen LogP contribution is -2.33. The summed E-state index contributed by atoms with van der Waals surface area (Å²) in [6, 6.07) is 6.23. The third-order valence-electron chi connectivity index (χ3n) is 23.2. The summed E-state index contributed by atoms with van der Waals surface area (Å²) in [5.41, 5.74) is 1.46. The largest absolute Gasteiger partial charge is 0.471 e. The summed E-state index contributed by atoms with van der Waals surface area (Å²) in [5.74, 6) is -8.57. The van der Waals surface area contributed by atoms with Crippen molar-refractivity contribution in [2.75, 3.05) is 41.1 Å². The lowest BCUT2D eigenvalue weighted by molar-refractivity contribution is -0.0226. The van der Waals surface area contributed by atoms with Gasteiger partial charge in [0.25, 0.3) is 23.6 Å². The number of carbonyl (C=O) groups excluding carboxylic acids is 4. The molecule has 16 aromatic rings. The number of hydrogen-bond donors (Lipinski definition) is 10. The second-order valence-corrected chi connectivity index (χ2v) is 34.0. The van der Waals surface area contributed by atoms with Crippen molar-refractivity contribution in [3.63, 3.8) is 0 Å². The van der Waals surface area contributed by atoms with Crippen molar-refractivity contribution in [3.05, 3.63) is 218 Å². The van der Waals surface area contributed by atoms with Gasteiger partial charge in [-0.05, 0) is 147 Å². The Balaban J connectivity index is 0.000000131. The van der Waals surface area contributed by atoms with Crippen LogP contribution < -0.4 is 21.3 Å². The van der Waals surface area contributed by atoms with Crippen LogP contribution in [-0.2, 0) is 30.0 Å². The predicted molar refractivity (Wildman–Crippen MR) is 479 cm³/mol. The molecule has 16 aromatic heterocycles. The van der Waals surface area contributed by atoms with Crippen LogP contribution >= 0.6 is 7.82 Å². The van der Waals surface area contributed by atoms with Gasteiger partial charge in [-0.1, -0.05) is 0 Å². The average Bonchev–Trinajstić information content (AvgIpc) is 1.64. The molecule has 0 radical (unpaired) electrons. The van der Waals surface area contributed by atoms with Gasteiger partial charge in [-0.25, -0.2) is 71.1 Å². The molecule has 142 heavy (non-hydrogen) atoms.